The van der Waals surface area contributed by atoms with Gasteiger partial charge in [0, 0.05) is 0 Å². The summed E-state index contributed by atoms with van der Waals surface area (Å²) < 4.78 is 13.3. The van der Waals surface area contributed by atoms with Crippen molar-refractivity contribution in [2.45, 2.75) is 58.3 Å². The quantitative estimate of drug-likeness (QED) is 0.705. The molecule has 0 spiro atoms. The van der Waals surface area contributed by atoms with E-state index in [1.807, 2.05) is 6.07 Å². The molecule has 1 unspecified atom stereocenters. The van der Waals surface area contributed by atoms with Crippen LogP contribution in [-0.2, 0) is 12.8 Å². The number of halogens is 1. The van der Waals surface area contributed by atoms with Crippen molar-refractivity contribution in [2.24, 2.45) is 17.8 Å². The molecule has 0 aromatic heterocycles. The Morgan fingerprint density at radius 1 is 1.00 bits per heavy atom. The average Bonchev–Trinajstić information content (AvgIpc) is 2.83. The third-order valence-electron chi connectivity index (χ3n) is 5.39. The molecule has 1 aromatic carbocycles. The minimum atomic E-state index is -0.0638. The van der Waals surface area contributed by atoms with Gasteiger partial charge in [-0.3, -0.25) is 0 Å². The first-order valence-corrected chi connectivity index (χ1v) is 8.03. The fourth-order valence-electron chi connectivity index (χ4n) is 4.31. The van der Waals surface area contributed by atoms with Crippen LogP contribution in [0.15, 0.2) is 18.2 Å². The summed E-state index contributed by atoms with van der Waals surface area (Å²) in [5, 5.41) is 0. The fourth-order valence-corrected chi connectivity index (χ4v) is 4.31. The van der Waals surface area contributed by atoms with Crippen molar-refractivity contribution in [3.05, 3.63) is 35.1 Å². The van der Waals surface area contributed by atoms with E-state index >= 15 is 0 Å². The van der Waals surface area contributed by atoms with Gasteiger partial charge >= 0.3 is 0 Å². The third kappa shape index (κ3) is 2.85. The molecule has 1 fully saturated rings. The van der Waals surface area contributed by atoms with Crippen LogP contribution < -0.4 is 0 Å². The molecular formula is C18H25F. The van der Waals surface area contributed by atoms with E-state index in [0.29, 0.717) is 0 Å². The summed E-state index contributed by atoms with van der Waals surface area (Å²) in [7, 11) is 0. The van der Waals surface area contributed by atoms with Gasteiger partial charge in [-0.25, -0.2) is 4.39 Å². The topological polar surface area (TPSA) is 0 Å². The lowest BCUT2D eigenvalue weighted by molar-refractivity contribution is 0.201. The average molecular weight is 260 g/mol. The highest BCUT2D eigenvalue weighted by Crippen LogP contribution is 2.41. The van der Waals surface area contributed by atoms with Gasteiger partial charge in [0.05, 0.1) is 0 Å². The zero-order valence-electron chi connectivity index (χ0n) is 12.0. The van der Waals surface area contributed by atoms with Crippen LogP contribution in [0, 0.1) is 23.6 Å². The summed E-state index contributed by atoms with van der Waals surface area (Å²) in [6.45, 7) is 2.30. The number of hydrogen-bond acceptors (Lipinski definition) is 0. The van der Waals surface area contributed by atoms with Crippen molar-refractivity contribution in [1.29, 1.82) is 0 Å². The molecule has 0 radical (unpaired) electrons. The smallest absolute Gasteiger partial charge is 0.123 e. The summed E-state index contributed by atoms with van der Waals surface area (Å²) in [6.07, 6.45) is 10.7. The minimum Gasteiger partial charge on any atom is -0.207 e. The summed E-state index contributed by atoms with van der Waals surface area (Å²) in [5.74, 6) is 2.61. The van der Waals surface area contributed by atoms with Crippen LogP contribution in [0.25, 0.3) is 0 Å². The van der Waals surface area contributed by atoms with Crippen molar-refractivity contribution < 1.29 is 4.39 Å². The summed E-state index contributed by atoms with van der Waals surface area (Å²) >= 11 is 0. The Labute approximate surface area is 116 Å². The SMILES string of the molecule is CCC[C@H]1CC[C@H](C2Cc3ccc(F)cc3C2)CC1. The van der Waals surface area contributed by atoms with Crippen LogP contribution in [0.4, 0.5) is 4.39 Å². The Balaban J connectivity index is 1.58. The van der Waals surface area contributed by atoms with Gasteiger partial charge in [-0.2, -0.15) is 0 Å². The molecule has 0 N–H and O–H groups in total. The van der Waals surface area contributed by atoms with Gasteiger partial charge in [-0.1, -0.05) is 38.7 Å². The van der Waals surface area contributed by atoms with E-state index in [9.17, 15) is 4.39 Å². The van der Waals surface area contributed by atoms with Gasteiger partial charge in [-0.05, 0) is 66.7 Å². The molecule has 0 amide bonds. The Hall–Kier alpha value is -0.850. The molecule has 0 bridgehead atoms. The Kier molecular flexibility index (Phi) is 3.91. The molecule has 2 aliphatic rings. The van der Waals surface area contributed by atoms with Crippen molar-refractivity contribution in [2.75, 3.05) is 0 Å². The molecule has 0 aliphatic heterocycles. The Morgan fingerprint density at radius 2 is 1.74 bits per heavy atom. The monoisotopic (exact) mass is 260 g/mol. The maximum Gasteiger partial charge on any atom is 0.123 e. The van der Waals surface area contributed by atoms with Crippen molar-refractivity contribution in [3.8, 4) is 0 Å². The van der Waals surface area contributed by atoms with Gasteiger partial charge in [0.15, 0.2) is 0 Å². The van der Waals surface area contributed by atoms with E-state index in [1.54, 1.807) is 12.1 Å². The van der Waals surface area contributed by atoms with Crippen LogP contribution in [0.3, 0.4) is 0 Å². The van der Waals surface area contributed by atoms with E-state index in [1.165, 1.54) is 56.1 Å². The zero-order chi connectivity index (χ0) is 13.2. The molecule has 0 nitrogen and oxygen atoms in total. The van der Waals surface area contributed by atoms with E-state index < -0.39 is 0 Å². The molecule has 0 saturated heterocycles. The van der Waals surface area contributed by atoms with Crippen LogP contribution in [0.2, 0.25) is 0 Å². The lowest BCUT2D eigenvalue weighted by Gasteiger charge is -2.32. The minimum absolute atomic E-state index is 0.0638. The molecular weight excluding hydrogens is 235 g/mol. The molecule has 1 saturated carbocycles. The van der Waals surface area contributed by atoms with Gasteiger partial charge in [-0.15, -0.1) is 0 Å². The van der Waals surface area contributed by atoms with Crippen molar-refractivity contribution >= 4 is 0 Å². The summed E-state index contributed by atoms with van der Waals surface area (Å²) in [6, 6.07) is 5.39. The van der Waals surface area contributed by atoms with E-state index in [2.05, 4.69) is 6.92 Å². The zero-order valence-corrected chi connectivity index (χ0v) is 12.0. The second kappa shape index (κ2) is 5.64. The van der Waals surface area contributed by atoms with Gasteiger partial charge < -0.3 is 0 Å². The highest BCUT2D eigenvalue weighted by atomic mass is 19.1. The standard InChI is InChI=1S/C18H25F/c1-2-3-13-4-6-14(7-5-13)16-10-15-8-9-18(19)12-17(15)11-16/h8-9,12-14,16H,2-7,10-11H2,1H3/t13-,14-,16?. The van der Waals surface area contributed by atoms with Crippen LogP contribution in [0.1, 0.15) is 56.6 Å². The van der Waals surface area contributed by atoms with Crippen molar-refractivity contribution in [1.82, 2.24) is 0 Å². The highest BCUT2D eigenvalue weighted by Gasteiger charge is 2.31. The summed E-state index contributed by atoms with van der Waals surface area (Å²) in [5.41, 5.74) is 2.68. The Bertz CT molecular complexity index is 429. The largest absolute Gasteiger partial charge is 0.207 e. The molecule has 1 atom stereocenters. The predicted molar refractivity (Wildman–Crippen MR) is 77.7 cm³/mol. The molecule has 1 heteroatoms. The van der Waals surface area contributed by atoms with E-state index in [-0.39, 0.29) is 5.82 Å². The first-order valence-electron chi connectivity index (χ1n) is 8.03. The van der Waals surface area contributed by atoms with Gasteiger partial charge in [0.2, 0.25) is 0 Å². The second-order valence-electron chi connectivity index (χ2n) is 6.65. The maximum atomic E-state index is 13.3. The molecule has 0 heterocycles. The molecule has 1 aromatic rings. The summed E-state index contributed by atoms with van der Waals surface area (Å²) in [4.78, 5) is 0. The van der Waals surface area contributed by atoms with Gasteiger partial charge in [0.1, 0.15) is 5.82 Å². The van der Waals surface area contributed by atoms with Crippen molar-refractivity contribution in [3.63, 3.8) is 0 Å². The first-order chi connectivity index (χ1) is 9.26. The maximum absolute atomic E-state index is 13.3. The van der Waals surface area contributed by atoms with Crippen LogP contribution in [-0.4, -0.2) is 0 Å². The van der Waals surface area contributed by atoms with E-state index in [4.69, 9.17) is 0 Å². The number of hydrogen-bond donors (Lipinski definition) is 0. The van der Waals surface area contributed by atoms with Gasteiger partial charge in [0.25, 0.3) is 0 Å². The molecule has 2 aliphatic carbocycles. The normalized spacial score (nSPS) is 30.3. The Morgan fingerprint density at radius 3 is 2.47 bits per heavy atom. The lowest BCUT2D eigenvalue weighted by Crippen LogP contribution is -2.22. The molecule has 19 heavy (non-hydrogen) atoms. The predicted octanol–water partition coefficient (Wildman–Crippen LogP) is 5.15. The highest BCUT2D eigenvalue weighted by molar-refractivity contribution is 5.33. The third-order valence-corrected chi connectivity index (χ3v) is 5.39. The number of rotatable bonds is 3. The van der Waals surface area contributed by atoms with Crippen LogP contribution in [0.5, 0.6) is 0 Å². The first kappa shape index (κ1) is 13.1. The number of fused-ring (bicyclic) bond motifs is 1. The molecule has 3 rings (SSSR count). The molecule has 104 valence electrons. The van der Waals surface area contributed by atoms with Crippen LogP contribution >= 0.6 is 0 Å². The second-order valence-corrected chi connectivity index (χ2v) is 6.65. The fraction of sp³-hybridized carbons (Fsp3) is 0.667. The van der Waals surface area contributed by atoms with E-state index in [0.717, 1.165) is 24.2 Å². The number of benzene rings is 1. The lowest BCUT2D eigenvalue weighted by atomic mass is 9.74.